The van der Waals surface area contributed by atoms with Gasteiger partial charge in [0.05, 0.1) is 7.11 Å². The molecule has 3 atom stereocenters. The second-order valence-electron chi connectivity index (χ2n) is 10.2. The summed E-state index contributed by atoms with van der Waals surface area (Å²) in [6.07, 6.45) is -0.191. The average molecular weight is 542 g/mol. The van der Waals surface area contributed by atoms with E-state index in [2.05, 4.69) is 15.4 Å². The maximum atomic E-state index is 14.3. The van der Waals surface area contributed by atoms with Crippen molar-refractivity contribution in [2.45, 2.75) is 71.2 Å². The summed E-state index contributed by atoms with van der Waals surface area (Å²) in [5.74, 6) is -1.64. The molecule has 0 aliphatic rings. The quantitative estimate of drug-likeness (QED) is 0.371. The first-order valence-corrected chi connectivity index (χ1v) is 12.8. The van der Waals surface area contributed by atoms with Crippen LogP contribution in [0, 0.1) is 0 Å². The van der Waals surface area contributed by atoms with Crippen LogP contribution in [-0.2, 0) is 30.3 Å². The summed E-state index contributed by atoms with van der Waals surface area (Å²) in [7, 11) is 1.22. The number of alkyl carbamates (subject to hydrolysis) is 1. The molecule has 0 heterocycles. The molecule has 0 bridgehead atoms. The number of phenolic OH excluding ortho intramolecular Hbond substituents is 1. The predicted octanol–water partition coefficient (Wildman–Crippen LogP) is 3.49. The van der Waals surface area contributed by atoms with E-state index in [9.17, 15) is 24.3 Å². The Bertz CT molecular complexity index is 1110. The fraction of sp³-hybridized carbons (Fsp3) is 0.448. The molecular weight excluding hydrogens is 502 g/mol. The first kappa shape index (κ1) is 31.1. The predicted molar refractivity (Wildman–Crippen MR) is 146 cm³/mol. The summed E-state index contributed by atoms with van der Waals surface area (Å²) in [5.41, 5.74) is 0.416. The zero-order valence-electron chi connectivity index (χ0n) is 23.4. The lowest BCUT2D eigenvalue weighted by Crippen LogP contribution is -2.56. The molecule has 2 aromatic carbocycles. The molecular formula is C29H39N3O7. The minimum atomic E-state index is -1.10. The van der Waals surface area contributed by atoms with E-state index < -0.39 is 47.6 Å². The van der Waals surface area contributed by atoms with Gasteiger partial charge in [-0.25, -0.2) is 4.79 Å². The Balaban J connectivity index is 2.54. The Kier molecular flexibility index (Phi) is 11.3. The summed E-state index contributed by atoms with van der Waals surface area (Å²) in [6.45, 7) is 8.47. The van der Waals surface area contributed by atoms with E-state index in [1.807, 2.05) is 13.8 Å². The Labute approximate surface area is 229 Å². The van der Waals surface area contributed by atoms with E-state index in [0.29, 0.717) is 17.5 Å². The number of methoxy groups -OCH3 is 1. The standard InChI is InChI=1S/C29H39N3O7/c1-7-19(2)32(25(21-11-9-8-10-12-21)26(35)30-18-24(34)38-6)27(36)23(31-28(37)39-29(3,4)5)17-20-13-15-22(33)16-14-20/h8-16,19,23,25,33H,7,17-18H2,1-6H3,(H,30,35)(H,31,37). The van der Waals surface area contributed by atoms with E-state index in [1.165, 1.54) is 24.1 Å². The Morgan fingerprint density at radius 3 is 2.15 bits per heavy atom. The normalized spacial score (nSPS) is 13.4. The molecule has 0 aromatic heterocycles. The molecule has 0 aliphatic carbocycles. The van der Waals surface area contributed by atoms with Crippen molar-refractivity contribution >= 4 is 23.9 Å². The molecule has 3 unspecified atom stereocenters. The van der Waals surface area contributed by atoms with E-state index in [4.69, 9.17) is 4.74 Å². The number of aromatic hydroxyl groups is 1. The second-order valence-corrected chi connectivity index (χ2v) is 10.2. The van der Waals surface area contributed by atoms with E-state index in [1.54, 1.807) is 63.2 Å². The van der Waals surface area contributed by atoms with Crippen molar-refractivity contribution in [2.24, 2.45) is 0 Å². The molecule has 0 saturated carbocycles. The van der Waals surface area contributed by atoms with Crippen molar-refractivity contribution in [3.63, 3.8) is 0 Å². The zero-order chi connectivity index (χ0) is 29.2. The number of carbonyl (C=O) groups excluding carboxylic acids is 4. The van der Waals surface area contributed by atoms with E-state index in [-0.39, 0.29) is 18.7 Å². The summed E-state index contributed by atoms with van der Waals surface area (Å²) in [4.78, 5) is 53.7. The highest BCUT2D eigenvalue weighted by molar-refractivity contribution is 5.93. The van der Waals surface area contributed by atoms with Crippen LogP contribution < -0.4 is 10.6 Å². The van der Waals surface area contributed by atoms with Gasteiger partial charge in [-0.1, -0.05) is 49.4 Å². The maximum Gasteiger partial charge on any atom is 0.408 e. The molecule has 0 spiro atoms. The number of amides is 3. The van der Waals surface area contributed by atoms with Crippen molar-refractivity contribution in [2.75, 3.05) is 13.7 Å². The monoisotopic (exact) mass is 541 g/mol. The Morgan fingerprint density at radius 1 is 1.00 bits per heavy atom. The highest BCUT2D eigenvalue weighted by atomic mass is 16.6. The third-order valence-electron chi connectivity index (χ3n) is 5.96. The van der Waals surface area contributed by atoms with Crippen LogP contribution in [0.4, 0.5) is 4.79 Å². The van der Waals surface area contributed by atoms with E-state index >= 15 is 0 Å². The molecule has 2 aromatic rings. The fourth-order valence-corrected chi connectivity index (χ4v) is 3.89. The van der Waals surface area contributed by atoms with Crippen molar-refractivity contribution < 1.29 is 33.8 Å². The minimum absolute atomic E-state index is 0.0642. The van der Waals surface area contributed by atoms with Crippen LogP contribution in [0.15, 0.2) is 54.6 Å². The number of nitrogens with zero attached hydrogens (tertiary/aromatic N) is 1. The topological polar surface area (TPSA) is 134 Å². The lowest BCUT2D eigenvalue weighted by atomic mass is 9.98. The van der Waals surface area contributed by atoms with Crippen LogP contribution >= 0.6 is 0 Å². The third kappa shape index (κ3) is 9.63. The van der Waals surface area contributed by atoms with Crippen LogP contribution in [0.5, 0.6) is 5.75 Å². The summed E-state index contributed by atoms with van der Waals surface area (Å²) < 4.78 is 10.1. The third-order valence-corrected chi connectivity index (χ3v) is 5.96. The Hall–Kier alpha value is -4.08. The molecule has 2 rings (SSSR count). The minimum Gasteiger partial charge on any atom is -0.508 e. The van der Waals surface area contributed by atoms with Gasteiger partial charge in [0, 0.05) is 12.5 Å². The highest BCUT2D eigenvalue weighted by Crippen LogP contribution is 2.27. The number of benzene rings is 2. The van der Waals surface area contributed by atoms with Crippen LogP contribution in [-0.4, -0.2) is 65.2 Å². The first-order valence-electron chi connectivity index (χ1n) is 12.8. The lowest BCUT2D eigenvalue weighted by Gasteiger charge is -2.38. The van der Waals surface area contributed by atoms with Gasteiger partial charge < -0.3 is 30.1 Å². The number of carbonyl (C=O) groups is 4. The smallest absolute Gasteiger partial charge is 0.408 e. The van der Waals surface area contributed by atoms with Crippen LogP contribution in [0.1, 0.15) is 58.2 Å². The molecule has 39 heavy (non-hydrogen) atoms. The van der Waals surface area contributed by atoms with Crippen molar-refractivity contribution in [1.82, 2.24) is 15.5 Å². The van der Waals surface area contributed by atoms with Gasteiger partial charge in [0.15, 0.2) is 0 Å². The van der Waals surface area contributed by atoms with Gasteiger partial charge in [-0.2, -0.15) is 0 Å². The van der Waals surface area contributed by atoms with Gasteiger partial charge in [0.25, 0.3) is 0 Å². The lowest BCUT2D eigenvalue weighted by molar-refractivity contribution is -0.146. The van der Waals surface area contributed by atoms with Gasteiger partial charge in [-0.05, 0) is 57.4 Å². The maximum absolute atomic E-state index is 14.3. The highest BCUT2D eigenvalue weighted by Gasteiger charge is 2.38. The SMILES string of the molecule is CCC(C)N(C(=O)C(Cc1ccc(O)cc1)NC(=O)OC(C)(C)C)C(C(=O)NCC(=O)OC)c1ccccc1. The largest absolute Gasteiger partial charge is 0.508 e. The number of phenols is 1. The number of hydrogen-bond donors (Lipinski definition) is 3. The van der Waals surface area contributed by atoms with Gasteiger partial charge in [0.2, 0.25) is 11.8 Å². The van der Waals surface area contributed by atoms with Crippen molar-refractivity contribution in [3.8, 4) is 5.75 Å². The molecule has 3 N–H and O–H groups in total. The first-order chi connectivity index (χ1) is 18.4. The molecule has 10 nitrogen and oxygen atoms in total. The number of ether oxygens (including phenoxy) is 2. The molecule has 10 heteroatoms. The summed E-state index contributed by atoms with van der Waals surface area (Å²) in [5, 5.41) is 14.9. The van der Waals surface area contributed by atoms with E-state index in [0.717, 1.165) is 0 Å². The van der Waals surface area contributed by atoms with Gasteiger partial charge in [-0.3, -0.25) is 14.4 Å². The number of rotatable bonds is 11. The number of esters is 1. The van der Waals surface area contributed by atoms with Crippen LogP contribution in [0.25, 0.3) is 0 Å². The van der Waals surface area contributed by atoms with Crippen molar-refractivity contribution in [3.05, 3.63) is 65.7 Å². The van der Waals surface area contributed by atoms with Crippen molar-refractivity contribution in [1.29, 1.82) is 0 Å². The Morgan fingerprint density at radius 2 is 1.62 bits per heavy atom. The van der Waals surface area contributed by atoms with Crippen LogP contribution in [0.3, 0.4) is 0 Å². The molecule has 3 amide bonds. The molecule has 0 aliphatic heterocycles. The summed E-state index contributed by atoms with van der Waals surface area (Å²) in [6, 6.07) is 12.4. The number of nitrogens with one attached hydrogen (secondary N) is 2. The zero-order valence-corrected chi connectivity index (χ0v) is 23.4. The molecule has 0 fully saturated rings. The molecule has 0 saturated heterocycles. The second kappa shape index (κ2) is 14.2. The van der Waals surface area contributed by atoms with Gasteiger partial charge >= 0.3 is 12.1 Å². The van der Waals surface area contributed by atoms with Gasteiger partial charge in [-0.15, -0.1) is 0 Å². The molecule has 212 valence electrons. The number of hydrogen-bond acceptors (Lipinski definition) is 7. The summed E-state index contributed by atoms with van der Waals surface area (Å²) >= 11 is 0. The molecule has 0 radical (unpaired) electrons. The average Bonchev–Trinajstić information content (AvgIpc) is 2.89. The van der Waals surface area contributed by atoms with Gasteiger partial charge in [0.1, 0.15) is 30.0 Å². The fourth-order valence-electron chi connectivity index (χ4n) is 3.89. The van der Waals surface area contributed by atoms with Crippen LogP contribution in [0.2, 0.25) is 0 Å².